The summed E-state index contributed by atoms with van der Waals surface area (Å²) in [6.07, 6.45) is 4.96. The summed E-state index contributed by atoms with van der Waals surface area (Å²) in [4.78, 5) is 17.6. The Morgan fingerprint density at radius 2 is 2.24 bits per heavy atom. The van der Waals surface area contributed by atoms with Crippen molar-refractivity contribution < 1.29 is 4.79 Å². The molecule has 3 nitrogen and oxygen atoms in total. The lowest BCUT2D eigenvalue weighted by Crippen LogP contribution is -2.37. The third-order valence-electron chi connectivity index (χ3n) is 3.15. The number of carbonyl (C=O) groups is 1. The van der Waals surface area contributed by atoms with Crippen molar-refractivity contribution in [1.82, 2.24) is 9.88 Å². The van der Waals surface area contributed by atoms with Crippen LogP contribution < -0.4 is 0 Å². The van der Waals surface area contributed by atoms with Crippen molar-refractivity contribution in [2.75, 3.05) is 13.1 Å². The molecule has 2 heterocycles. The van der Waals surface area contributed by atoms with Crippen molar-refractivity contribution in [2.24, 2.45) is 0 Å². The van der Waals surface area contributed by atoms with Crippen LogP contribution in [-0.2, 0) is 4.79 Å². The van der Waals surface area contributed by atoms with Crippen LogP contribution in [0.3, 0.4) is 0 Å². The number of rotatable bonds is 2. The highest BCUT2D eigenvalue weighted by Crippen LogP contribution is 2.30. The minimum Gasteiger partial charge on any atom is -0.339 e. The number of likely N-dealkylation sites (tertiary alicyclic amines) is 1. The molecule has 4 heteroatoms. The summed E-state index contributed by atoms with van der Waals surface area (Å²) in [5, 5.41) is 0.723. The highest BCUT2D eigenvalue weighted by molar-refractivity contribution is 6.31. The molecule has 1 amide bonds. The topological polar surface area (TPSA) is 33.2 Å². The highest BCUT2D eigenvalue weighted by atomic mass is 35.5. The van der Waals surface area contributed by atoms with E-state index in [1.165, 1.54) is 6.08 Å². The average molecular weight is 251 g/mol. The zero-order valence-electron chi connectivity index (χ0n) is 9.60. The van der Waals surface area contributed by atoms with E-state index in [-0.39, 0.29) is 5.91 Å². The molecule has 0 atom stereocenters. The van der Waals surface area contributed by atoms with Gasteiger partial charge in [0.15, 0.2) is 0 Å². The Hall–Kier alpha value is -1.35. The lowest BCUT2D eigenvalue weighted by atomic mass is 9.93. The van der Waals surface area contributed by atoms with Crippen LogP contribution in [0, 0.1) is 0 Å². The lowest BCUT2D eigenvalue weighted by Gasteiger charge is -2.31. The zero-order chi connectivity index (χ0) is 12.3. The Morgan fingerprint density at radius 3 is 2.82 bits per heavy atom. The fourth-order valence-corrected chi connectivity index (χ4v) is 2.48. The normalized spacial score (nSPS) is 16.9. The van der Waals surface area contributed by atoms with Crippen molar-refractivity contribution in [3.8, 4) is 0 Å². The first kappa shape index (κ1) is 12.1. The van der Waals surface area contributed by atoms with Crippen molar-refractivity contribution in [3.05, 3.63) is 41.7 Å². The number of halogens is 1. The van der Waals surface area contributed by atoms with E-state index in [0.29, 0.717) is 5.92 Å². The lowest BCUT2D eigenvalue weighted by molar-refractivity contribution is -0.127. The second-order valence-electron chi connectivity index (χ2n) is 4.17. The van der Waals surface area contributed by atoms with Crippen molar-refractivity contribution in [3.63, 3.8) is 0 Å². The van der Waals surface area contributed by atoms with Gasteiger partial charge in [0, 0.05) is 25.2 Å². The summed E-state index contributed by atoms with van der Waals surface area (Å²) in [7, 11) is 0. The number of amides is 1. The zero-order valence-corrected chi connectivity index (χ0v) is 10.4. The van der Waals surface area contributed by atoms with Gasteiger partial charge in [-0.1, -0.05) is 18.2 Å². The Morgan fingerprint density at radius 1 is 1.53 bits per heavy atom. The molecule has 1 aromatic heterocycles. The molecule has 1 aliphatic rings. The summed E-state index contributed by atoms with van der Waals surface area (Å²) < 4.78 is 0. The highest BCUT2D eigenvalue weighted by Gasteiger charge is 2.24. The van der Waals surface area contributed by atoms with Crippen LogP contribution >= 0.6 is 11.6 Å². The van der Waals surface area contributed by atoms with Crippen molar-refractivity contribution in [2.45, 2.75) is 18.8 Å². The molecule has 0 unspecified atom stereocenters. The van der Waals surface area contributed by atoms with E-state index >= 15 is 0 Å². The van der Waals surface area contributed by atoms with Gasteiger partial charge in [-0.15, -0.1) is 0 Å². The molecule has 90 valence electrons. The first-order valence-electron chi connectivity index (χ1n) is 5.74. The molecule has 0 N–H and O–H groups in total. The van der Waals surface area contributed by atoms with Gasteiger partial charge in [0.1, 0.15) is 0 Å². The molecular weight excluding hydrogens is 236 g/mol. The molecule has 0 radical (unpaired) electrons. The van der Waals surface area contributed by atoms with E-state index in [4.69, 9.17) is 11.6 Å². The molecule has 0 spiro atoms. The molecule has 1 saturated heterocycles. The summed E-state index contributed by atoms with van der Waals surface area (Å²) in [6, 6.07) is 3.70. The molecule has 2 rings (SSSR count). The number of nitrogens with zero attached hydrogens (tertiary/aromatic N) is 2. The fourth-order valence-electron chi connectivity index (χ4n) is 2.20. The van der Waals surface area contributed by atoms with Gasteiger partial charge in [0.05, 0.1) is 10.7 Å². The Kier molecular flexibility index (Phi) is 3.79. The Bertz CT molecular complexity index is 425. The maximum Gasteiger partial charge on any atom is 0.245 e. The van der Waals surface area contributed by atoms with Gasteiger partial charge < -0.3 is 4.90 Å². The van der Waals surface area contributed by atoms with Gasteiger partial charge in [-0.2, -0.15) is 0 Å². The van der Waals surface area contributed by atoms with Gasteiger partial charge in [-0.05, 0) is 31.1 Å². The van der Waals surface area contributed by atoms with Gasteiger partial charge in [0.25, 0.3) is 0 Å². The standard InChI is InChI=1S/C13H15ClN2O/c1-2-12(17)16-8-5-10(6-9-16)13-11(14)4-3-7-15-13/h2-4,7,10H,1,5-6,8-9H2. The van der Waals surface area contributed by atoms with Crippen LogP contribution in [0.15, 0.2) is 31.0 Å². The smallest absolute Gasteiger partial charge is 0.245 e. The molecule has 1 aromatic rings. The summed E-state index contributed by atoms with van der Waals surface area (Å²) in [5.74, 6) is 0.369. The minimum atomic E-state index is 0.00979. The van der Waals surface area contributed by atoms with E-state index in [1.54, 1.807) is 6.20 Å². The number of hydrogen-bond acceptors (Lipinski definition) is 2. The number of piperidine rings is 1. The molecule has 0 bridgehead atoms. The maximum atomic E-state index is 11.4. The van der Waals surface area contributed by atoms with Crippen LogP contribution in [0.2, 0.25) is 5.02 Å². The minimum absolute atomic E-state index is 0.00979. The first-order chi connectivity index (χ1) is 8.22. The quantitative estimate of drug-likeness (QED) is 0.756. The molecule has 1 aliphatic heterocycles. The van der Waals surface area contributed by atoms with Crippen LogP contribution in [0.25, 0.3) is 0 Å². The number of carbonyl (C=O) groups excluding carboxylic acids is 1. The number of pyridine rings is 1. The molecule has 0 saturated carbocycles. The van der Waals surface area contributed by atoms with Gasteiger partial charge >= 0.3 is 0 Å². The van der Waals surface area contributed by atoms with Gasteiger partial charge in [0.2, 0.25) is 5.91 Å². The van der Waals surface area contributed by atoms with Crippen LogP contribution in [-0.4, -0.2) is 28.9 Å². The van der Waals surface area contributed by atoms with Gasteiger partial charge in [-0.3, -0.25) is 9.78 Å². The predicted octanol–water partition coefficient (Wildman–Crippen LogP) is 2.63. The van der Waals surface area contributed by atoms with Crippen molar-refractivity contribution in [1.29, 1.82) is 0 Å². The first-order valence-corrected chi connectivity index (χ1v) is 6.12. The predicted molar refractivity (Wildman–Crippen MR) is 68.0 cm³/mol. The van der Waals surface area contributed by atoms with Gasteiger partial charge in [-0.25, -0.2) is 0 Å². The molecule has 17 heavy (non-hydrogen) atoms. The molecule has 0 aliphatic carbocycles. The van der Waals surface area contributed by atoms with Crippen LogP contribution in [0.1, 0.15) is 24.5 Å². The van der Waals surface area contributed by atoms with Crippen molar-refractivity contribution >= 4 is 17.5 Å². The van der Waals surface area contributed by atoms with E-state index in [1.807, 2.05) is 17.0 Å². The summed E-state index contributed by atoms with van der Waals surface area (Å²) in [6.45, 7) is 5.01. The third-order valence-corrected chi connectivity index (χ3v) is 3.47. The van der Waals surface area contributed by atoms with E-state index < -0.39 is 0 Å². The second-order valence-corrected chi connectivity index (χ2v) is 4.58. The van der Waals surface area contributed by atoms with E-state index in [2.05, 4.69) is 11.6 Å². The fraction of sp³-hybridized carbons (Fsp3) is 0.385. The van der Waals surface area contributed by atoms with Crippen LogP contribution in [0.5, 0.6) is 0 Å². The summed E-state index contributed by atoms with van der Waals surface area (Å²) in [5.41, 5.74) is 0.958. The molecule has 0 aromatic carbocycles. The molecular formula is C13H15ClN2O. The van der Waals surface area contributed by atoms with E-state index in [0.717, 1.165) is 36.6 Å². The second kappa shape index (κ2) is 5.32. The molecule has 1 fully saturated rings. The maximum absolute atomic E-state index is 11.4. The SMILES string of the molecule is C=CC(=O)N1CCC(c2ncccc2Cl)CC1. The summed E-state index contributed by atoms with van der Waals surface area (Å²) >= 11 is 6.12. The number of aromatic nitrogens is 1. The largest absolute Gasteiger partial charge is 0.339 e. The monoisotopic (exact) mass is 250 g/mol. The Balaban J connectivity index is 2.02. The third kappa shape index (κ3) is 2.67. The van der Waals surface area contributed by atoms with Crippen LogP contribution in [0.4, 0.5) is 0 Å². The van der Waals surface area contributed by atoms with E-state index in [9.17, 15) is 4.79 Å². The Labute approximate surface area is 106 Å². The number of hydrogen-bond donors (Lipinski definition) is 0. The average Bonchev–Trinajstić information content (AvgIpc) is 2.39.